The van der Waals surface area contributed by atoms with Gasteiger partial charge in [0.05, 0.1) is 6.10 Å². The van der Waals surface area contributed by atoms with Gasteiger partial charge in [0.15, 0.2) is 8.32 Å². The molecule has 2 aliphatic rings. The van der Waals surface area contributed by atoms with E-state index in [1.165, 1.54) is 0 Å². The summed E-state index contributed by atoms with van der Waals surface area (Å²) >= 11 is 0. The van der Waals surface area contributed by atoms with Crippen molar-refractivity contribution in [2.75, 3.05) is 0 Å². The van der Waals surface area contributed by atoms with E-state index in [-0.39, 0.29) is 11.1 Å². The highest BCUT2D eigenvalue weighted by Crippen LogP contribution is 2.59. The fourth-order valence-electron chi connectivity index (χ4n) is 3.44. The van der Waals surface area contributed by atoms with Gasteiger partial charge in [-0.15, -0.1) is 0 Å². The first-order valence-electron chi connectivity index (χ1n) is 7.16. The molecule has 2 aliphatic carbocycles. The van der Waals surface area contributed by atoms with Crippen molar-refractivity contribution in [3.05, 3.63) is 0 Å². The summed E-state index contributed by atoms with van der Waals surface area (Å²) in [5.74, 6) is 1.22. The lowest BCUT2D eigenvalue weighted by Gasteiger charge is -2.51. The van der Waals surface area contributed by atoms with E-state index in [1.54, 1.807) is 0 Å². The molecule has 0 N–H and O–H groups in total. The van der Waals surface area contributed by atoms with Crippen molar-refractivity contribution in [2.24, 2.45) is 17.3 Å². The highest BCUT2D eigenvalue weighted by atomic mass is 28.4. The molecular formula is C15H28O2Si. The topological polar surface area (TPSA) is 26.3 Å². The van der Waals surface area contributed by atoms with Gasteiger partial charge in [0, 0.05) is 12.3 Å². The van der Waals surface area contributed by atoms with Crippen LogP contribution in [0, 0.1) is 17.3 Å². The highest BCUT2D eigenvalue weighted by molar-refractivity contribution is 6.74. The molecule has 2 fully saturated rings. The van der Waals surface area contributed by atoms with Gasteiger partial charge in [-0.05, 0) is 35.9 Å². The summed E-state index contributed by atoms with van der Waals surface area (Å²) in [6.45, 7) is 15.9. The molecule has 3 atom stereocenters. The SMILES string of the molecule is CC1(C)CC2C(=O)C[C@H](O[Si](C)(C)C(C)(C)C)C21. The minimum absolute atomic E-state index is 0.187. The Morgan fingerprint density at radius 2 is 1.83 bits per heavy atom. The number of Topliss-reactive ketones (excluding diaryl/α,β-unsaturated/α-hetero) is 1. The zero-order valence-electron chi connectivity index (χ0n) is 13.0. The third kappa shape index (κ3) is 2.09. The lowest BCUT2D eigenvalue weighted by molar-refractivity contribution is -0.129. The van der Waals surface area contributed by atoms with Crippen LogP contribution in [-0.2, 0) is 9.22 Å². The normalized spacial score (nSPS) is 35.3. The van der Waals surface area contributed by atoms with Crippen LogP contribution in [0.25, 0.3) is 0 Å². The number of hydrogen-bond acceptors (Lipinski definition) is 2. The van der Waals surface area contributed by atoms with Gasteiger partial charge >= 0.3 is 0 Å². The van der Waals surface area contributed by atoms with Crippen LogP contribution in [0.15, 0.2) is 0 Å². The van der Waals surface area contributed by atoms with Crippen molar-refractivity contribution in [3.63, 3.8) is 0 Å². The minimum atomic E-state index is -1.75. The van der Waals surface area contributed by atoms with Gasteiger partial charge in [-0.25, -0.2) is 0 Å². The largest absolute Gasteiger partial charge is 0.413 e. The third-order valence-corrected chi connectivity index (χ3v) is 10.1. The molecule has 0 spiro atoms. The Balaban J connectivity index is 2.13. The summed E-state index contributed by atoms with van der Waals surface area (Å²) < 4.78 is 6.52. The third-order valence-electron chi connectivity index (χ3n) is 5.55. The molecule has 18 heavy (non-hydrogen) atoms. The number of carbonyl (C=O) groups excluding carboxylic acids is 1. The molecule has 0 aromatic carbocycles. The van der Waals surface area contributed by atoms with E-state index in [1.807, 2.05) is 0 Å². The van der Waals surface area contributed by atoms with Crippen molar-refractivity contribution in [1.29, 1.82) is 0 Å². The average molecular weight is 268 g/mol. The molecule has 0 aromatic rings. The predicted octanol–water partition coefficient (Wildman–Crippen LogP) is 4.01. The van der Waals surface area contributed by atoms with Crippen LogP contribution < -0.4 is 0 Å². The zero-order valence-corrected chi connectivity index (χ0v) is 14.0. The predicted molar refractivity (Wildman–Crippen MR) is 77.1 cm³/mol. The van der Waals surface area contributed by atoms with E-state index in [2.05, 4.69) is 47.7 Å². The molecule has 0 aromatic heterocycles. The molecule has 0 radical (unpaired) electrons. The maximum Gasteiger partial charge on any atom is 0.192 e. The Bertz CT molecular complexity index is 365. The molecule has 0 saturated heterocycles. The second-order valence-electron chi connectivity index (χ2n) is 8.41. The van der Waals surface area contributed by atoms with Gasteiger partial charge in [-0.2, -0.15) is 0 Å². The van der Waals surface area contributed by atoms with Gasteiger partial charge in [-0.1, -0.05) is 34.6 Å². The van der Waals surface area contributed by atoms with E-state index in [0.717, 1.165) is 6.42 Å². The smallest absolute Gasteiger partial charge is 0.192 e. The molecule has 0 heterocycles. The zero-order chi connectivity index (χ0) is 13.9. The molecule has 0 bridgehead atoms. The van der Waals surface area contributed by atoms with Gasteiger partial charge in [0.1, 0.15) is 5.78 Å². The number of hydrogen-bond donors (Lipinski definition) is 0. The van der Waals surface area contributed by atoms with E-state index in [9.17, 15) is 4.79 Å². The molecule has 0 amide bonds. The van der Waals surface area contributed by atoms with Crippen LogP contribution in [0.5, 0.6) is 0 Å². The van der Waals surface area contributed by atoms with Gasteiger partial charge in [0.2, 0.25) is 0 Å². The average Bonchev–Trinajstić information content (AvgIpc) is 2.35. The van der Waals surface area contributed by atoms with Crippen LogP contribution in [-0.4, -0.2) is 20.2 Å². The molecule has 0 aliphatic heterocycles. The van der Waals surface area contributed by atoms with E-state index >= 15 is 0 Å². The molecule has 2 saturated carbocycles. The Kier molecular flexibility index (Phi) is 3.11. The van der Waals surface area contributed by atoms with E-state index in [0.29, 0.717) is 29.5 Å². The Morgan fingerprint density at radius 1 is 1.28 bits per heavy atom. The van der Waals surface area contributed by atoms with Crippen molar-refractivity contribution in [2.45, 2.75) is 71.7 Å². The maximum atomic E-state index is 12.0. The van der Waals surface area contributed by atoms with Crippen molar-refractivity contribution in [3.8, 4) is 0 Å². The summed E-state index contributed by atoms with van der Waals surface area (Å²) in [6, 6.07) is 0. The molecule has 104 valence electrons. The summed E-state index contributed by atoms with van der Waals surface area (Å²) in [5, 5.41) is 0.224. The fraction of sp³-hybridized carbons (Fsp3) is 0.933. The summed E-state index contributed by atoms with van der Waals surface area (Å²) in [6.07, 6.45) is 1.91. The lowest BCUT2D eigenvalue weighted by atomic mass is 9.56. The quantitative estimate of drug-likeness (QED) is 0.707. The first kappa shape index (κ1) is 14.3. The van der Waals surface area contributed by atoms with E-state index in [4.69, 9.17) is 4.43 Å². The van der Waals surface area contributed by atoms with Gasteiger partial charge in [0.25, 0.3) is 0 Å². The summed E-state index contributed by atoms with van der Waals surface area (Å²) in [5.41, 5.74) is 0.295. The maximum absolute atomic E-state index is 12.0. The summed E-state index contributed by atoms with van der Waals surface area (Å²) in [7, 11) is -1.75. The van der Waals surface area contributed by atoms with Crippen LogP contribution in [0.1, 0.15) is 47.5 Å². The van der Waals surface area contributed by atoms with Crippen molar-refractivity contribution in [1.82, 2.24) is 0 Å². The van der Waals surface area contributed by atoms with Crippen LogP contribution in [0.4, 0.5) is 0 Å². The van der Waals surface area contributed by atoms with E-state index < -0.39 is 8.32 Å². The van der Waals surface area contributed by atoms with Crippen LogP contribution in [0.2, 0.25) is 18.1 Å². The molecule has 3 heteroatoms. The molecule has 2 nitrogen and oxygen atoms in total. The van der Waals surface area contributed by atoms with Crippen LogP contribution >= 0.6 is 0 Å². The Labute approximate surface area is 113 Å². The second-order valence-corrected chi connectivity index (χ2v) is 13.2. The number of fused-ring (bicyclic) bond motifs is 1. The van der Waals surface area contributed by atoms with Crippen molar-refractivity contribution >= 4 is 14.1 Å². The Hall–Kier alpha value is -0.153. The van der Waals surface area contributed by atoms with Gasteiger partial charge in [-0.3, -0.25) is 4.79 Å². The molecule has 2 rings (SSSR count). The first-order valence-corrected chi connectivity index (χ1v) is 10.1. The summed E-state index contributed by atoms with van der Waals surface area (Å²) in [4.78, 5) is 12.0. The molecular weight excluding hydrogens is 240 g/mol. The van der Waals surface area contributed by atoms with Crippen LogP contribution in [0.3, 0.4) is 0 Å². The highest BCUT2D eigenvalue weighted by Gasteiger charge is 2.60. The second kappa shape index (κ2) is 3.92. The lowest BCUT2D eigenvalue weighted by Crippen LogP contribution is -2.51. The first-order chi connectivity index (χ1) is 7.96. The fourth-order valence-corrected chi connectivity index (χ4v) is 4.78. The number of carbonyl (C=O) groups is 1. The standard InChI is InChI=1S/C15H28O2Si/c1-14(2,3)18(6,7)17-12-8-11(16)10-9-15(4,5)13(10)12/h10,12-13H,8-9H2,1-7H3/t10?,12-,13?/m0/s1. The van der Waals surface area contributed by atoms with Crippen molar-refractivity contribution < 1.29 is 9.22 Å². The van der Waals surface area contributed by atoms with Gasteiger partial charge < -0.3 is 4.43 Å². The Morgan fingerprint density at radius 3 is 2.28 bits per heavy atom. The monoisotopic (exact) mass is 268 g/mol. The molecule has 2 unspecified atom stereocenters. The number of rotatable bonds is 2. The minimum Gasteiger partial charge on any atom is -0.413 e. The number of ketones is 1.